The number of ether oxygens (including phenoxy) is 1. The van der Waals surface area contributed by atoms with E-state index in [2.05, 4.69) is 4.74 Å². The van der Waals surface area contributed by atoms with Crippen LogP contribution in [0, 0.1) is 0 Å². The summed E-state index contributed by atoms with van der Waals surface area (Å²) < 4.78 is 4.46. The van der Waals surface area contributed by atoms with Crippen LogP contribution in [0.4, 0.5) is 0 Å². The molecule has 2 rings (SSSR count). The first-order chi connectivity index (χ1) is 6.72. The Morgan fingerprint density at radius 2 is 1.86 bits per heavy atom. The Morgan fingerprint density at radius 3 is 2.57 bits per heavy atom. The molecule has 4 heteroatoms. The van der Waals surface area contributed by atoms with Gasteiger partial charge in [0.25, 0.3) is 0 Å². The van der Waals surface area contributed by atoms with Gasteiger partial charge in [0, 0.05) is 0 Å². The van der Waals surface area contributed by atoms with Crippen LogP contribution < -0.4 is 5.73 Å². The summed E-state index contributed by atoms with van der Waals surface area (Å²) in [5.74, 6) is -1.13. The minimum absolute atomic E-state index is 0.343. The summed E-state index contributed by atoms with van der Waals surface area (Å²) in [5, 5.41) is 0. The quantitative estimate of drug-likeness (QED) is 0.545. The lowest BCUT2D eigenvalue weighted by atomic mass is 10.0. The van der Waals surface area contributed by atoms with Crippen LogP contribution in [0.1, 0.15) is 26.3 Å². The normalized spacial score (nSPS) is 14.1. The van der Waals surface area contributed by atoms with Crippen molar-refractivity contribution >= 4 is 11.9 Å². The standard InChI is InChI=1S/C10H9NO3/c11-4-3-6-1-2-7-8(5-6)10(13)14-9(7)12/h1-2,5H,3-4,11H2. The smallest absolute Gasteiger partial charge is 0.346 e. The van der Waals surface area contributed by atoms with Gasteiger partial charge in [0.1, 0.15) is 0 Å². The van der Waals surface area contributed by atoms with E-state index in [1.165, 1.54) is 0 Å². The van der Waals surface area contributed by atoms with Crippen molar-refractivity contribution in [3.05, 3.63) is 34.9 Å². The van der Waals surface area contributed by atoms with E-state index in [1.54, 1.807) is 18.2 Å². The molecule has 72 valence electrons. The molecule has 0 aromatic heterocycles. The summed E-state index contributed by atoms with van der Waals surface area (Å²) in [5.41, 5.74) is 7.02. The van der Waals surface area contributed by atoms with Gasteiger partial charge in [-0.05, 0) is 30.7 Å². The molecule has 2 N–H and O–H groups in total. The van der Waals surface area contributed by atoms with Crippen LogP contribution in [-0.4, -0.2) is 18.5 Å². The van der Waals surface area contributed by atoms with Crippen LogP contribution in [0.15, 0.2) is 18.2 Å². The first kappa shape index (κ1) is 8.90. The van der Waals surface area contributed by atoms with Crippen molar-refractivity contribution in [3.63, 3.8) is 0 Å². The van der Waals surface area contributed by atoms with Crippen molar-refractivity contribution in [2.75, 3.05) is 6.54 Å². The first-order valence-electron chi connectivity index (χ1n) is 4.32. The van der Waals surface area contributed by atoms with Gasteiger partial charge in [-0.15, -0.1) is 0 Å². The van der Waals surface area contributed by atoms with Crippen LogP contribution in [0.25, 0.3) is 0 Å². The van der Waals surface area contributed by atoms with E-state index < -0.39 is 11.9 Å². The van der Waals surface area contributed by atoms with Crippen molar-refractivity contribution < 1.29 is 14.3 Å². The third-order valence-electron chi connectivity index (χ3n) is 2.14. The molecule has 0 aliphatic carbocycles. The Kier molecular flexibility index (Phi) is 2.05. The van der Waals surface area contributed by atoms with E-state index >= 15 is 0 Å². The van der Waals surface area contributed by atoms with Gasteiger partial charge in [0.15, 0.2) is 0 Å². The van der Waals surface area contributed by atoms with E-state index in [-0.39, 0.29) is 0 Å². The van der Waals surface area contributed by atoms with Crippen molar-refractivity contribution in [2.24, 2.45) is 5.73 Å². The molecule has 14 heavy (non-hydrogen) atoms. The van der Waals surface area contributed by atoms with Crippen molar-refractivity contribution in [1.82, 2.24) is 0 Å². The number of esters is 2. The highest BCUT2D eigenvalue weighted by Crippen LogP contribution is 2.21. The maximum absolute atomic E-state index is 11.2. The highest BCUT2D eigenvalue weighted by molar-refractivity contribution is 6.14. The van der Waals surface area contributed by atoms with Gasteiger partial charge in [-0.25, -0.2) is 9.59 Å². The van der Waals surface area contributed by atoms with Gasteiger partial charge in [-0.1, -0.05) is 6.07 Å². The molecule has 1 aromatic carbocycles. The molecule has 0 saturated carbocycles. The predicted molar refractivity (Wildman–Crippen MR) is 48.9 cm³/mol. The van der Waals surface area contributed by atoms with Crippen LogP contribution in [0.2, 0.25) is 0 Å². The summed E-state index contributed by atoms with van der Waals surface area (Å²) in [4.78, 5) is 22.2. The molecule has 1 aromatic rings. The topological polar surface area (TPSA) is 69.4 Å². The molecular formula is C10H9NO3. The summed E-state index contributed by atoms with van der Waals surface area (Å²) in [6, 6.07) is 5.05. The number of rotatable bonds is 2. The van der Waals surface area contributed by atoms with Crippen LogP contribution in [-0.2, 0) is 11.2 Å². The molecule has 4 nitrogen and oxygen atoms in total. The Morgan fingerprint density at radius 1 is 1.14 bits per heavy atom. The molecule has 0 amide bonds. The van der Waals surface area contributed by atoms with Crippen molar-refractivity contribution in [1.29, 1.82) is 0 Å². The number of nitrogens with two attached hydrogens (primary N) is 1. The average molecular weight is 191 g/mol. The Hall–Kier alpha value is -1.68. The Bertz CT molecular complexity index is 412. The van der Waals surface area contributed by atoms with Crippen molar-refractivity contribution in [3.8, 4) is 0 Å². The van der Waals surface area contributed by atoms with Gasteiger partial charge < -0.3 is 10.5 Å². The number of fused-ring (bicyclic) bond motifs is 1. The molecule has 1 heterocycles. The van der Waals surface area contributed by atoms with E-state index in [1.807, 2.05) is 0 Å². The fraction of sp³-hybridized carbons (Fsp3) is 0.200. The zero-order chi connectivity index (χ0) is 10.1. The van der Waals surface area contributed by atoms with Gasteiger partial charge in [-0.3, -0.25) is 0 Å². The van der Waals surface area contributed by atoms with Gasteiger partial charge in [-0.2, -0.15) is 0 Å². The lowest BCUT2D eigenvalue weighted by Crippen LogP contribution is -2.03. The summed E-state index contributed by atoms with van der Waals surface area (Å²) in [7, 11) is 0. The number of carbonyl (C=O) groups is 2. The lowest BCUT2D eigenvalue weighted by Gasteiger charge is -1.98. The second-order valence-electron chi connectivity index (χ2n) is 3.10. The number of hydrogen-bond donors (Lipinski definition) is 1. The molecule has 0 radical (unpaired) electrons. The van der Waals surface area contributed by atoms with Gasteiger partial charge in [0.2, 0.25) is 0 Å². The molecule has 0 atom stereocenters. The highest BCUT2D eigenvalue weighted by atomic mass is 16.6. The second kappa shape index (κ2) is 3.23. The molecule has 1 aliphatic rings. The Labute approximate surface area is 80.7 Å². The van der Waals surface area contributed by atoms with Gasteiger partial charge >= 0.3 is 11.9 Å². The molecule has 1 aliphatic heterocycles. The number of carbonyl (C=O) groups excluding carboxylic acids is 2. The van der Waals surface area contributed by atoms with Gasteiger partial charge in [0.05, 0.1) is 11.1 Å². The Balaban J connectivity index is 2.44. The monoisotopic (exact) mass is 191 g/mol. The molecular weight excluding hydrogens is 182 g/mol. The number of hydrogen-bond acceptors (Lipinski definition) is 4. The minimum atomic E-state index is -0.566. The lowest BCUT2D eigenvalue weighted by molar-refractivity contribution is 0.0444. The molecule has 0 fully saturated rings. The first-order valence-corrected chi connectivity index (χ1v) is 4.32. The predicted octanol–water partition coefficient (Wildman–Crippen LogP) is 0.498. The molecule has 0 spiro atoms. The summed E-state index contributed by atoms with van der Waals surface area (Å²) >= 11 is 0. The molecule has 0 saturated heterocycles. The van der Waals surface area contributed by atoms with Crippen molar-refractivity contribution in [2.45, 2.75) is 6.42 Å². The van der Waals surface area contributed by atoms with E-state index in [4.69, 9.17) is 5.73 Å². The minimum Gasteiger partial charge on any atom is -0.386 e. The number of cyclic esters (lactones) is 2. The van der Waals surface area contributed by atoms with Crippen LogP contribution >= 0.6 is 0 Å². The fourth-order valence-electron chi connectivity index (χ4n) is 1.45. The summed E-state index contributed by atoms with van der Waals surface area (Å²) in [6.45, 7) is 0.516. The zero-order valence-electron chi connectivity index (χ0n) is 7.45. The van der Waals surface area contributed by atoms with Crippen LogP contribution in [0.3, 0.4) is 0 Å². The van der Waals surface area contributed by atoms with Crippen LogP contribution in [0.5, 0.6) is 0 Å². The molecule has 0 bridgehead atoms. The maximum atomic E-state index is 11.2. The fourth-order valence-corrected chi connectivity index (χ4v) is 1.45. The van der Waals surface area contributed by atoms with E-state index in [0.29, 0.717) is 24.1 Å². The average Bonchev–Trinajstić information content (AvgIpc) is 2.43. The third kappa shape index (κ3) is 1.29. The SMILES string of the molecule is NCCc1ccc2c(c1)C(=O)OC2=O. The maximum Gasteiger partial charge on any atom is 0.346 e. The van der Waals surface area contributed by atoms with E-state index in [0.717, 1.165) is 5.56 Å². The second-order valence-corrected chi connectivity index (χ2v) is 3.10. The zero-order valence-corrected chi connectivity index (χ0v) is 7.45. The molecule has 0 unspecified atom stereocenters. The third-order valence-corrected chi connectivity index (χ3v) is 2.14. The summed E-state index contributed by atoms with van der Waals surface area (Å²) in [6.07, 6.45) is 0.689. The largest absolute Gasteiger partial charge is 0.386 e. The number of benzene rings is 1. The van der Waals surface area contributed by atoms with E-state index in [9.17, 15) is 9.59 Å². The highest BCUT2D eigenvalue weighted by Gasteiger charge is 2.29.